The largest absolute Gasteiger partial charge is 0.495 e. The number of nitrogens with one attached hydrogen (secondary N) is 1. The van der Waals surface area contributed by atoms with Crippen LogP contribution in [0, 0.1) is 0 Å². The number of hydrogen-bond donors (Lipinski definition) is 2. The summed E-state index contributed by atoms with van der Waals surface area (Å²) in [4.78, 5) is 9.49. The van der Waals surface area contributed by atoms with E-state index in [1.807, 2.05) is 42.5 Å². The van der Waals surface area contributed by atoms with E-state index in [9.17, 15) is 5.11 Å². The highest BCUT2D eigenvalue weighted by molar-refractivity contribution is 14.0. The normalized spacial score (nSPS) is 14.4. The molecule has 0 spiro atoms. The van der Waals surface area contributed by atoms with Gasteiger partial charge in [0.1, 0.15) is 5.75 Å². The summed E-state index contributed by atoms with van der Waals surface area (Å²) in [7, 11) is 1.72. The average Bonchev–Trinajstić information content (AvgIpc) is 2.77. The number of nitrogens with zero attached hydrogens (tertiary/aromatic N) is 3. The molecule has 0 bridgehead atoms. The number of aliphatic hydroxyl groups is 1. The lowest BCUT2D eigenvalue weighted by molar-refractivity contribution is 0.280. The van der Waals surface area contributed by atoms with Crippen molar-refractivity contribution in [3.05, 3.63) is 59.7 Å². The molecule has 0 unspecified atom stereocenters. The Morgan fingerprint density at radius 2 is 1.69 bits per heavy atom. The Hall–Kier alpha value is -2.00. The topological polar surface area (TPSA) is 60.3 Å². The molecule has 29 heavy (non-hydrogen) atoms. The van der Waals surface area contributed by atoms with E-state index < -0.39 is 0 Å². The van der Waals surface area contributed by atoms with Crippen molar-refractivity contribution >= 4 is 35.6 Å². The third kappa shape index (κ3) is 5.99. The van der Waals surface area contributed by atoms with Crippen molar-refractivity contribution in [1.29, 1.82) is 0 Å². The molecular weight excluding hydrogens is 479 g/mol. The molecule has 1 aliphatic rings. The zero-order chi connectivity index (χ0) is 19.8. The summed E-state index contributed by atoms with van der Waals surface area (Å²) < 4.78 is 5.51. The van der Waals surface area contributed by atoms with Gasteiger partial charge in [0, 0.05) is 32.7 Å². The minimum atomic E-state index is 0. The van der Waals surface area contributed by atoms with E-state index >= 15 is 0 Å². The van der Waals surface area contributed by atoms with Gasteiger partial charge in [0.25, 0.3) is 0 Å². The highest BCUT2D eigenvalue weighted by Gasteiger charge is 2.21. The molecular formula is C22H31IN4O2. The molecule has 1 fully saturated rings. The van der Waals surface area contributed by atoms with Gasteiger partial charge in [-0.2, -0.15) is 0 Å². The third-order valence-corrected chi connectivity index (χ3v) is 5.03. The molecule has 6 nitrogen and oxygen atoms in total. The predicted molar refractivity (Wildman–Crippen MR) is 129 cm³/mol. The lowest BCUT2D eigenvalue weighted by atomic mass is 10.1. The minimum Gasteiger partial charge on any atom is -0.495 e. The maximum Gasteiger partial charge on any atom is 0.194 e. The van der Waals surface area contributed by atoms with E-state index in [2.05, 4.69) is 28.1 Å². The van der Waals surface area contributed by atoms with Crippen LogP contribution in [0.5, 0.6) is 5.75 Å². The first-order valence-electron chi connectivity index (χ1n) is 9.85. The summed E-state index contributed by atoms with van der Waals surface area (Å²) in [6, 6.07) is 16.1. The Bertz CT molecular complexity index is 792. The molecule has 0 radical (unpaired) electrons. The smallest absolute Gasteiger partial charge is 0.194 e. The monoisotopic (exact) mass is 510 g/mol. The van der Waals surface area contributed by atoms with E-state index in [1.165, 1.54) is 0 Å². The second-order valence-corrected chi connectivity index (χ2v) is 6.74. The zero-order valence-electron chi connectivity index (χ0n) is 17.2. The zero-order valence-corrected chi connectivity index (χ0v) is 19.5. The maximum atomic E-state index is 9.53. The van der Waals surface area contributed by atoms with Gasteiger partial charge in [-0.1, -0.05) is 36.4 Å². The van der Waals surface area contributed by atoms with Gasteiger partial charge in [0.15, 0.2) is 5.96 Å². The predicted octanol–water partition coefficient (Wildman–Crippen LogP) is 3.09. The van der Waals surface area contributed by atoms with Crippen LogP contribution in [-0.4, -0.2) is 55.8 Å². The van der Waals surface area contributed by atoms with Crippen molar-refractivity contribution in [2.24, 2.45) is 4.99 Å². The van der Waals surface area contributed by atoms with Crippen LogP contribution in [0.4, 0.5) is 5.69 Å². The molecule has 2 aromatic carbocycles. The van der Waals surface area contributed by atoms with E-state index in [-0.39, 0.29) is 30.6 Å². The van der Waals surface area contributed by atoms with Gasteiger partial charge in [-0.25, -0.2) is 4.99 Å². The molecule has 158 valence electrons. The Labute approximate surface area is 190 Å². The molecule has 1 heterocycles. The standard InChI is InChI=1S/C22H30N4O2.HI/c1-3-23-22(24-16-18-8-4-5-9-19(18)17-27)26-14-12-25(13-15-26)20-10-6-7-11-21(20)28-2;/h4-11,27H,3,12-17H2,1-2H3,(H,23,24);1H. The lowest BCUT2D eigenvalue weighted by Crippen LogP contribution is -2.52. The van der Waals surface area contributed by atoms with Crippen LogP contribution in [0.15, 0.2) is 53.5 Å². The number of para-hydroxylation sites is 2. The van der Waals surface area contributed by atoms with Crippen molar-refractivity contribution in [2.75, 3.05) is 44.7 Å². The van der Waals surface area contributed by atoms with Crippen molar-refractivity contribution in [3.63, 3.8) is 0 Å². The van der Waals surface area contributed by atoms with Crippen molar-refractivity contribution in [1.82, 2.24) is 10.2 Å². The Kier molecular flexibility index (Phi) is 9.53. The highest BCUT2D eigenvalue weighted by Crippen LogP contribution is 2.28. The number of aliphatic hydroxyl groups excluding tert-OH is 1. The van der Waals surface area contributed by atoms with Crippen LogP contribution in [0.1, 0.15) is 18.1 Å². The molecule has 2 aromatic rings. The quantitative estimate of drug-likeness (QED) is 0.356. The van der Waals surface area contributed by atoms with E-state index in [0.717, 1.165) is 61.2 Å². The van der Waals surface area contributed by atoms with Crippen molar-refractivity contribution in [2.45, 2.75) is 20.1 Å². The summed E-state index contributed by atoms with van der Waals surface area (Å²) in [5, 5.41) is 12.9. The van der Waals surface area contributed by atoms with Crippen LogP contribution in [0.25, 0.3) is 0 Å². The number of methoxy groups -OCH3 is 1. The summed E-state index contributed by atoms with van der Waals surface area (Å²) >= 11 is 0. The number of hydrogen-bond acceptors (Lipinski definition) is 4. The Morgan fingerprint density at radius 3 is 2.34 bits per heavy atom. The fourth-order valence-electron chi connectivity index (χ4n) is 3.50. The van der Waals surface area contributed by atoms with E-state index in [0.29, 0.717) is 6.54 Å². The summed E-state index contributed by atoms with van der Waals surface area (Å²) in [6.07, 6.45) is 0. The number of guanidine groups is 1. The van der Waals surface area contributed by atoms with Crippen molar-refractivity contribution < 1.29 is 9.84 Å². The number of anilines is 1. The highest BCUT2D eigenvalue weighted by atomic mass is 127. The first kappa shape index (κ1) is 23.3. The number of aliphatic imine (C=N–C) groups is 1. The molecule has 0 atom stereocenters. The SMILES string of the molecule is CCNC(=NCc1ccccc1CO)N1CCN(c2ccccc2OC)CC1.I. The fraction of sp³-hybridized carbons (Fsp3) is 0.409. The third-order valence-electron chi connectivity index (χ3n) is 5.03. The molecule has 0 aliphatic carbocycles. The molecule has 0 saturated carbocycles. The molecule has 7 heteroatoms. The second kappa shape index (κ2) is 11.9. The number of ether oxygens (including phenoxy) is 1. The molecule has 3 rings (SSSR count). The minimum absolute atomic E-state index is 0. The molecule has 1 saturated heterocycles. The summed E-state index contributed by atoms with van der Waals surface area (Å²) in [6.45, 7) is 7.13. The van der Waals surface area contributed by atoms with Gasteiger partial charge in [0.05, 0.1) is 25.9 Å². The summed E-state index contributed by atoms with van der Waals surface area (Å²) in [5.41, 5.74) is 3.14. The van der Waals surface area contributed by atoms with E-state index in [1.54, 1.807) is 7.11 Å². The first-order valence-corrected chi connectivity index (χ1v) is 9.85. The molecule has 0 amide bonds. The van der Waals surface area contributed by atoms with Crippen LogP contribution < -0.4 is 15.0 Å². The van der Waals surface area contributed by atoms with Gasteiger partial charge >= 0.3 is 0 Å². The Balaban J connectivity index is 0.00000300. The van der Waals surface area contributed by atoms with Crippen LogP contribution in [0.2, 0.25) is 0 Å². The van der Waals surface area contributed by atoms with Gasteiger partial charge in [0.2, 0.25) is 0 Å². The van der Waals surface area contributed by atoms with Gasteiger partial charge < -0.3 is 25.0 Å². The van der Waals surface area contributed by atoms with Crippen LogP contribution >= 0.6 is 24.0 Å². The Morgan fingerprint density at radius 1 is 1.03 bits per heavy atom. The van der Waals surface area contributed by atoms with Crippen molar-refractivity contribution in [3.8, 4) is 5.75 Å². The van der Waals surface area contributed by atoms with Gasteiger partial charge in [-0.3, -0.25) is 0 Å². The van der Waals surface area contributed by atoms with E-state index in [4.69, 9.17) is 9.73 Å². The average molecular weight is 510 g/mol. The molecule has 2 N–H and O–H groups in total. The van der Waals surface area contributed by atoms with Gasteiger partial charge in [-0.15, -0.1) is 24.0 Å². The molecule has 0 aromatic heterocycles. The summed E-state index contributed by atoms with van der Waals surface area (Å²) in [5.74, 6) is 1.84. The molecule has 1 aliphatic heterocycles. The van der Waals surface area contributed by atoms with Gasteiger partial charge in [-0.05, 0) is 30.2 Å². The van der Waals surface area contributed by atoms with Crippen LogP contribution in [0.3, 0.4) is 0 Å². The maximum absolute atomic E-state index is 9.53. The number of halogens is 1. The fourth-order valence-corrected chi connectivity index (χ4v) is 3.50. The number of benzene rings is 2. The first-order chi connectivity index (χ1) is 13.8. The number of piperazine rings is 1. The lowest BCUT2D eigenvalue weighted by Gasteiger charge is -2.38. The van der Waals surface area contributed by atoms with Crippen LogP contribution in [-0.2, 0) is 13.2 Å². The second-order valence-electron chi connectivity index (χ2n) is 6.74. The number of rotatable bonds is 6.